The summed E-state index contributed by atoms with van der Waals surface area (Å²) in [5.74, 6) is 0.887. The first-order valence-electron chi connectivity index (χ1n) is 9.19. The molecular formula is C14H20N5O13P3. The van der Waals surface area contributed by atoms with Gasteiger partial charge in [-0.15, -0.1) is 6.42 Å². The Morgan fingerprint density at radius 1 is 1.26 bits per heavy atom. The Balaban J connectivity index is 1.87. The van der Waals surface area contributed by atoms with Crippen LogP contribution in [0.15, 0.2) is 17.1 Å². The number of nitrogen functional groups attached to an aromatic ring is 1. The molecule has 0 radical (unpaired) electrons. The lowest BCUT2D eigenvalue weighted by Crippen LogP contribution is -2.51. The number of hydrogen-bond acceptors (Lipinski definition) is 12. The standard InChI is InChI=1S/C14H20N5O13P3/c1-2-14(16)8(5-20)9(6-29-34(25,26)32-35(27,28)31-33(22,23)24)30-12(14)19-4-3-7-10(19)17-13(15)18-11(7)21/h1,3-4,8-9,12,20H,5-6,16H2,(H,25,26)(H,27,28)(H2,22,23,24)(H3,15,17,18,21)/t8?,9-,12-,14?/m1/s1. The number of fused-ring (bicyclic) bond motifs is 1. The van der Waals surface area contributed by atoms with Gasteiger partial charge in [-0.05, 0) is 6.07 Å². The van der Waals surface area contributed by atoms with Crippen LogP contribution < -0.4 is 17.0 Å². The molecule has 4 unspecified atom stereocenters. The molecule has 21 heteroatoms. The molecule has 0 aromatic carbocycles. The van der Waals surface area contributed by atoms with E-state index in [2.05, 4.69) is 29.0 Å². The van der Waals surface area contributed by atoms with Gasteiger partial charge in [0.2, 0.25) is 5.95 Å². The number of aliphatic hydroxyl groups excluding tert-OH is 1. The Kier molecular flexibility index (Phi) is 7.51. The van der Waals surface area contributed by atoms with E-state index in [4.69, 9.17) is 32.4 Å². The number of H-pyrrole nitrogens is 1. The average Bonchev–Trinajstić information content (AvgIpc) is 3.22. The number of hydrogen-bond donors (Lipinski definition) is 8. The molecule has 194 valence electrons. The van der Waals surface area contributed by atoms with E-state index in [1.54, 1.807) is 0 Å². The SMILES string of the molecule is C#CC1(N)C(CO)[C@@H](COP(=O)(O)OP(=O)(O)OP(=O)(O)O)O[C@H]1n1ccc2c(=O)[nH]c(N)nc21. The van der Waals surface area contributed by atoms with Crippen LogP contribution in [-0.2, 0) is 31.6 Å². The number of nitrogens with zero attached hydrogens (tertiary/aromatic N) is 2. The maximum atomic E-state index is 12.1. The topological polar surface area (TPSA) is 292 Å². The van der Waals surface area contributed by atoms with Crippen LogP contribution in [0.2, 0.25) is 0 Å². The lowest BCUT2D eigenvalue weighted by atomic mass is 9.83. The second kappa shape index (κ2) is 9.51. The van der Waals surface area contributed by atoms with Crippen LogP contribution in [0.1, 0.15) is 6.23 Å². The zero-order chi connectivity index (χ0) is 26.4. The molecule has 0 aliphatic carbocycles. The highest BCUT2D eigenvalue weighted by Crippen LogP contribution is 2.66. The van der Waals surface area contributed by atoms with Crippen LogP contribution in [0, 0.1) is 18.3 Å². The molecule has 10 N–H and O–H groups in total. The van der Waals surface area contributed by atoms with E-state index in [0.29, 0.717) is 0 Å². The van der Waals surface area contributed by atoms with E-state index in [9.17, 15) is 33.4 Å². The summed E-state index contributed by atoms with van der Waals surface area (Å²) < 4.78 is 53.1. The van der Waals surface area contributed by atoms with Gasteiger partial charge in [0.05, 0.1) is 24.7 Å². The first-order valence-corrected chi connectivity index (χ1v) is 13.7. The van der Waals surface area contributed by atoms with Gasteiger partial charge >= 0.3 is 23.5 Å². The van der Waals surface area contributed by atoms with Crippen molar-refractivity contribution in [2.45, 2.75) is 17.9 Å². The van der Waals surface area contributed by atoms with Crippen molar-refractivity contribution in [1.29, 1.82) is 0 Å². The summed E-state index contributed by atoms with van der Waals surface area (Å²) in [5, 5.41) is 10.00. The summed E-state index contributed by atoms with van der Waals surface area (Å²) in [4.78, 5) is 54.5. The molecular weight excluding hydrogens is 539 g/mol. The summed E-state index contributed by atoms with van der Waals surface area (Å²) >= 11 is 0. The van der Waals surface area contributed by atoms with Gasteiger partial charge < -0.3 is 45.5 Å². The summed E-state index contributed by atoms with van der Waals surface area (Å²) in [6.45, 7) is -1.64. The van der Waals surface area contributed by atoms with E-state index in [0.717, 1.165) is 0 Å². The Morgan fingerprint density at radius 3 is 2.49 bits per heavy atom. The zero-order valence-electron chi connectivity index (χ0n) is 17.3. The fourth-order valence-corrected chi connectivity index (χ4v) is 6.51. The number of rotatable bonds is 9. The Labute approximate surface area is 195 Å². The van der Waals surface area contributed by atoms with E-state index in [-0.39, 0.29) is 17.0 Å². The van der Waals surface area contributed by atoms with Gasteiger partial charge in [-0.3, -0.25) is 14.3 Å². The predicted molar refractivity (Wildman–Crippen MR) is 115 cm³/mol. The van der Waals surface area contributed by atoms with Crippen LogP contribution >= 0.6 is 23.5 Å². The summed E-state index contributed by atoms with van der Waals surface area (Å²) in [7, 11) is -16.8. The van der Waals surface area contributed by atoms with Crippen LogP contribution in [0.25, 0.3) is 11.0 Å². The molecule has 0 amide bonds. The second-order valence-electron chi connectivity index (χ2n) is 7.19. The highest BCUT2D eigenvalue weighted by atomic mass is 31.3. The molecule has 1 aliphatic heterocycles. The fourth-order valence-electron chi connectivity index (χ4n) is 3.48. The molecule has 0 saturated carbocycles. The van der Waals surface area contributed by atoms with Gasteiger partial charge in [-0.25, -0.2) is 13.7 Å². The summed E-state index contributed by atoms with van der Waals surface area (Å²) in [6, 6.07) is 1.37. The molecule has 2 aromatic rings. The molecule has 18 nitrogen and oxygen atoms in total. The molecule has 0 spiro atoms. The molecule has 3 rings (SSSR count). The molecule has 1 fully saturated rings. The highest BCUT2D eigenvalue weighted by molar-refractivity contribution is 7.66. The van der Waals surface area contributed by atoms with E-state index >= 15 is 0 Å². The number of aromatic nitrogens is 3. The Bertz CT molecular complexity index is 1360. The highest BCUT2D eigenvalue weighted by Gasteiger charge is 2.55. The number of anilines is 1. The molecule has 0 bridgehead atoms. The first-order chi connectivity index (χ1) is 16.0. The van der Waals surface area contributed by atoms with Crippen molar-refractivity contribution in [3.8, 4) is 12.3 Å². The Hall–Kier alpha value is -1.93. The normalized spacial score (nSPS) is 28.4. The number of phosphoric ester groups is 1. The molecule has 2 aromatic heterocycles. The average molecular weight is 559 g/mol. The van der Waals surface area contributed by atoms with Gasteiger partial charge in [0.1, 0.15) is 5.54 Å². The maximum absolute atomic E-state index is 12.1. The van der Waals surface area contributed by atoms with Crippen LogP contribution in [0.4, 0.5) is 5.95 Å². The van der Waals surface area contributed by atoms with Crippen LogP contribution in [0.3, 0.4) is 0 Å². The van der Waals surface area contributed by atoms with Gasteiger partial charge in [0, 0.05) is 12.1 Å². The molecule has 3 heterocycles. The van der Waals surface area contributed by atoms with Crippen molar-refractivity contribution in [2.24, 2.45) is 11.7 Å². The molecule has 6 atom stereocenters. The van der Waals surface area contributed by atoms with Gasteiger partial charge in [0.25, 0.3) is 5.56 Å². The number of nitrogens with two attached hydrogens (primary N) is 2. The molecule has 35 heavy (non-hydrogen) atoms. The lowest BCUT2D eigenvalue weighted by Gasteiger charge is -2.29. The predicted octanol–water partition coefficient (Wildman–Crippen LogP) is -1.51. The number of aliphatic hydroxyl groups is 1. The maximum Gasteiger partial charge on any atom is 0.490 e. The van der Waals surface area contributed by atoms with Crippen molar-refractivity contribution in [3.05, 3.63) is 22.6 Å². The zero-order valence-corrected chi connectivity index (χ0v) is 20.0. The van der Waals surface area contributed by atoms with Crippen LogP contribution in [0.5, 0.6) is 0 Å². The van der Waals surface area contributed by atoms with E-state index < -0.39 is 66.0 Å². The van der Waals surface area contributed by atoms with Gasteiger partial charge in [0.15, 0.2) is 11.9 Å². The third-order valence-corrected chi connectivity index (χ3v) is 8.69. The van der Waals surface area contributed by atoms with Crippen molar-refractivity contribution in [2.75, 3.05) is 18.9 Å². The van der Waals surface area contributed by atoms with Crippen molar-refractivity contribution < 1.29 is 56.3 Å². The Morgan fingerprint density at radius 2 is 1.91 bits per heavy atom. The van der Waals surface area contributed by atoms with Gasteiger partial charge in [-0.2, -0.15) is 13.6 Å². The number of nitrogens with one attached hydrogen (secondary N) is 1. The minimum atomic E-state index is -5.74. The summed E-state index contributed by atoms with van der Waals surface area (Å²) in [6.07, 6.45) is 4.30. The van der Waals surface area contributed by atoms with E-state index in [1.807, 2.05) is 0 Å². The van der Waals surface area contributed by atoms with Crippen molar-refractivity contribution in [3.63, 3.8) is 0 Å². The van der Waals surface area contributed by atoms with Crippen molar-refractivity contribution >= 4 is 40.4 Å². The van der Waals surface area contributed by atoms with Crippen LogP contribution in [-0.4, -0.2) is 64.1 Å². The number of phosphoric acid groups is 3. The lowest BCUT2D eigenvalue weighted by molar-refractivity contribution is -0.0365. The number of ether oxygens (including phenoxy) is 1. The number of terminal acetylenes is 1. The van der Waals surface area contributed by atoms with E-state index in [1.165, 1.54) is 16.8 Å². The van der Waals surface area contributed by atoms with Crippen molar-refractivity contribution in [1.82, 2.24) is 14.5 Å². The first kappa shape index (κ1) is 27.7. The fraction of sp³-hybridized carbons (Fsp3) is 0.429. The number of aromatic amines is 1. The third-order valence-electron chi connectivity index (χ3n) is 4.89. The summed E-state index contributed by atoms with van der Waals surface area (Å²) in [5.41, 5.74) is 9.55. The largest absolute Gasteiger partial charge is 0.490 e. The molecule has 1 saturated heterocycles. The quantitative estimate of drug-likeness (QED) is 0.128. The second-order valence-corrected chi connectivity index (χ2v) is 11.6. The third kappa shape index (κ3) is 5.91. The monoisotopic (exact) mass is 559 g/mol. The molecule has 1 aliphatic rings. The smallest absolute Gasteiger partial charge is 0.396 e. The van der Waals surface area contributed by atoms with Gasteiger partial charge in [-0.1, -0.05) is 5.92 Å². The minimum absolute atomic E-state index is 0.0200. The minimum Gasteiger partial charge on any atom is -0.396 e.